The van der Waals surface area contributed by atoms with Crippen molar-refractivity contribution in [1.82, 2.24) is 9.97 Å². The van der Waals surface area contributed by atoms with Gasteiger partial charge in [-0.15, -0.1) is 0 Å². The number of nitrogens with zero attached hydrogens (tertiary/aromatic N) is 1. The van der Waals surface area contributed by atoms with Crippen LogP contribution in [0.2, 0.25) is 0 Å². The number of H-pyrrole nitrogens is 1. The van der Waals surface area contributed by atoms with Crippen LogP contribution < -0.4 is 5.73 Å². The van der Waals surface area contributed by atoms with Crippen molar-refractivity contribution in [2.75, 3.05) is 0 Å². The highest BCUT2D eigenvalue weighted by molar-refractivity contribution is 6.05. The van der Waals surface area contributed by atoms with E-state index >= 15 is 0 Å². The van der Waals surface area contributed by atoms with E-state index in [-0.39, 0.29) is 12.5 Å². The van der Waals surface area contributed by atoms with Gasteiger partial charge >= 0.3 is 11.9 Å². The Hall–Kier alpha value is -2.67. The molecular weight excluding hydrogens is 382 g/mol. The number of aromatic nitrogens is 2. The Morgan fingerprint density at radius 1 is 1.17 bits per heavy atom. The average molecular weight is 416 g/mol. The minimum Gasteiger partial charge on any atom is -0.459 e. The summed E-state index contributed by atoms with van der Waals surface area (Å²) in [4.78, 5) is 32.8. The molecule has 0 aliphatic heterocycles. The topological polar surface area (TPSA) is 107 Å². The Bertz CT molecular complexity index is 884. The SMILES string of the molecule is Cc1c(COC(=O)C(N)(C(=O)OC(C)(C)C)C(C)C)cccc1C(C)c1c[nH]cn1. The summed E-state index contributed by atoms with van der Waals surface area (Å²) in [5.74, 6) is -1.99. The molecule has 7 heteroatoms. The van der Waals surface area contributed by atoms with Crippen LogP contribution in [0.4, 0.5) is 0 Å². The highest BCUT2D eigenvalue weighted by Crippen LogP contribution is 2.28. The second kappa shape index (κ2) is 9.00. The molecule has 0 amide bonds. The Kier molecular flexibility index (Phi) is 7.08. The monoisotopic (exact) mass is 415 g/mol. The number of nitrogens with two attached hydrogens (primary N) is 1. The Balaban J connectivity index is 2.20. The lowest BCUT2D eigenvalue weighted by atomic mass is 9.87. The molecule has 2 atom stereocenters. The number of carbonyl (C=O) groups is 2. The molecule has 3 N–H and O–H groups in total. The highest BCUT2D eigenvalue weighted by atomic mass is 16.6. The largest absolute Gasteiger partial charge is 0.459 e. The molecule has 0 saturated carbocycles. The minimum atomic E-state index is -1.87. The molecule has 0 radical (unpaired) electrons. The third kappa shape index (κ3) is 5.08. The molecule has 0 saturated heterocycles. The van der Waals surface area contributed by atoms with Crippen molar-refractivity contribution < 1.29 is 19.1 Å². The summed E-state index contributed by atoms with van der Waals surface area (Å²) in [6.07, 6.45) is 3.51. The van der Waals surface area contributed by atoms with Crippen LogP contribution in [0, 0.1) is 12.8 Å². The van der Waals surface area contributed by atoms with Crippen LogP contribution in [0.15, 0.2) is 30.7 Å². The Morgan fingerprint density at radius 3 is 2.37 bits per heavy atom. The lowest BCUT2D eigenvalue weighted by molar-refractivity contribution is -0.174. The van der Waals surface area contributed by atoms with Gasteiger partial charge in [-0.3, -0.25) is 0 Å². The first-order valence-corrected chi connectivity index (χ1v) is 10.1. The fourth-order valence-corrected chi connectivity index (χ4v) is 3.18. The zero-order valence-corrected chi connectivity index (χ0v) is 18.9. The predicted octanol–water partition coefficient (Wildman–Crippen LogP) is 3.61. The number of aromatic amines is 1. The lowest BCUT2D eigenvalue weighted by Gasteiger charge is -2.32. The van der Waals surface area contributed by atoms with Crippen LogP contribution in [0.1, 0.15) is 69.8 Å². The van der Waals surface area contributed by atoms with Gasteiger partial charge in [0.25, 0.3) is 0 Å². The Morgan fingerprint density at radius 2 is 1.83 bits per heavy atom. The van der Waals surface area contributed by atoms with Gasteiger partial charge in [0.15, 0.2) is 0 Å². The van der Waals surface area contributed by atoms with Gasteiger partial charge in [0.1, 0.15) is 12.2 Å². The standard InChI is InChI=1S/C23H33N3O4/c1-14(2)23(24,21(28)30-22(5,6)7)20(27)29-12-17-9-8-10-18(15(17)3)16(4)19-11-25-13-26-19/h8-11,13-14,16H,12,24H2,1-7H3,(H,25,26). The number of hydrogen-bond donors (Lipinski definition) is 2. The molecular formula is C23H33N3O4. The zero-order valence-electron chi connectivity index (χ0n) is 18.9. The summed E-state index contributed by atoms with van der Waals surface area (Å²) in [5, 5.41) is 0. The van der Waals surface area contributed by atoms with E-state index in [0.717, 1.165) is 22.4 Å². The van der Waals surface area contributed by atoms with Gasteiger partial charge in [0, 0.05) is 12.1 Å². The third-order valence-electron chi connectivity index (χ3n) is 5.26. The molecule has 0 aliphatic rings. The van der Waals surface area contributed by atoms with E-state index in [1.165, 1.54) is 0 Å². The van der Waals surface area contributed by atoms with E-state index in [0.29, 0.717) is 0 Å². The molecule has 2 rings (SSSR count). The molecule has 164 valence electrons. The smallest absolute Gasteiger partial charge is 0.338 e. The molecule has 1 heterocycles. The number of esters is 2. The van der Waals surface area contributed by atoms with Crippen LogP contribution in [0.3, 0.4) is 0 Å². The van der Waals surface area contributed by atoms with E-state index in [1.807, 2.05) is 31.3 Å². The highest BCUT2D eigenvalue weighted by Gasteiger charge is 2.49. The number of nitrogens with one attached hydrogen (secondary N) is 1. The second-order valence-corrected chi connectivity index (χ2v) is 8.95. The number of carbonyl (C=O) groups excluding carboxylic acids is 2. The molecule has 0 spiro atoms. The second-order valence-electron chi connectivity index (χ2n) is 8.95. The maximum atomic E-state index is 12.9. The van der Waals surface area contributed by atoms with Crippen molar-refractivity contribution in [3.05, 3.63) is 53.1 Å². The number of hydrogen-bond acceptors (Lipinski definition) is 6. The quantitative estimate of drug-likeness (QED) is 0.528. The third-order valence-corrected chi connectivity index (χ3v) is 5.26. The molecule has 2 unspecified atom stereocenters. The predicted molar refractivity (Wildman–Crippen MR) is 115 cm³/mol. The fraction of sp³-hybridized carbons (Fsp3) is 0.522. The lowest BCUT2D eigenvalue weighted by Crippen LogP contribution is -2.61. The molecule has 7 nitrogen and oxygen atoms in total. The molecule has 30 heavy (non-hydrogen) atoms. The van der Waals surface area contributed by atoms with Crippen LogP contribution in [-0.2, 0) is 25.7 Å². The van der Waals surface area contributed by atoms with Crippen molar-refractivity contribution in [2.45, 2.75) is 72.1 Å². The number of rotatable bonds is 7. The van der Waals surface area contributed by atoms with E-state index in [9.17, 15) is 9.59 Å². The first-order valence-electron chi connectivity index (χ1n) is 10.1. The van der Waals surface area contributed by atoms with Gasteiger partial charge in [-0.2, -0.15) is 0 Å². The van der Waals surface area contributed by atoms with Gasteiger partial charge in [0.2, 0.25) is 5.54 Å². The van der Waals surface area contributed by atoms with E-state index in [2.05, 4.69) is 16.9 Å². The van der Waals surface area contributed by atoms with Crippen molar-refractivity contribution in [2.24, 2.45) is 11.7 Å². The molecule has 2 aromatic rings. The maximum absolute atomic E-state index is 12.9. The molecule has 0 aliphatic carbocycles. The van der Waals surface area contributed by atoms with Crippen molar-refractivity contribution >= 4 is 11.9 Å². The Labute approximate surface area is 178 Å². The van der Waals surface area contributed by atoms with Gasteiger partial charge in [-0.1, -0.05) is 39.0 Å². The zero-order chi connectivity index (χ0) is 22.7. The van der Waals surface area contributed by atoms with Crippen LogP contribution in [0.5, 0.6) is 0 Å². The van der Waals surface area contributed by atoms with Crippen LogP contribution in [0.25, 0.3) is 0 Å². The summed E-state index contributed by atoms with van der Waals surface area (Å²) in [5.41, 5.74) is 7.45. The summed E-state index contributed by atoms with van der Waals surface area (Å²) in [6, 6.07) is 5.84. The van der Waals surface area contributed by atoms with Crippen molar-refractivity contribution in [3.8, 4) is 0 Å². The number of imidazole rings is 1. The van der Waals surface area contributed by atoms with Gasteiger partial charge < -0.3 is 20.2 Å². The number of ether oxygens (including phenoxy) is 2. The van der Waals surface area contributed by atoms with Crippen LogP contribution >= 0.6 is 0 Å². The van der Waals surface area contributed by atoms with Gasteiger partial charge in [-0.25, -0.2) is 14.6 Å². The first kappa shape index (κ1) is 23.6. The normalized spacial score (nSPS) is 14.8. The van der Waals surface area contributed by atoms with E-state index in [1.54, 1.807) is 40.9 Å². The van der Waals surface area contributed by atoms with Crippen LogP contribution in [-0.4, -0.2) is 33.0 Å². The van der Waals surface area contributed by atoms with E-state index < -0.39 is 29.0 Å². The molecule has 1 aromatic heterocycles. The molecule has 0 bridgehead atoms. The molecule has 1 aromatic carbocycles. The number of benzene rings is 1. The van der Waals surface area contributed by atoms with Gasteiger partial charge in [0.05, 0.1) is 12.0 Å². The summed E-state index contributed by atoms with van der Waals surface area (Å²) < 4.78 is 10.9. The minimum absolute atomic E-state index is 0.0141. The summed E-state index contributed by atoms with van der Waals surface area (Å²) >= 11 is 0. The first-order chi connectivity index (χ1) is 13.9. The van der Waals surface area contributed by atoms with E-state index in [4.69, 9.17) is 15.2 Å². The average Bonchev–Trinajstić information content (AvgIpc) is 3.18. The van der Waals surface area contributed by atoms with Gasteiger partial charge in [-0.05, 0) is 50.3 Å². The summed E-state index contributed by atoms with van der Waals surface area (Å²) in [6.45, 7) is 12.6. The fourth-order valence-electron chi connectivity index (χ4n) is 3.18. The maximum Gasteiger partial charge on any atom is 0.338 e. The van der Waals surface area contributed by atoms with Crippen molar-refractivity contribution in [1.29, 1.82) is 0 Å². The molecule has 0 fully saturated rings. The summed E-state index contributed by atoms with van der Waals surface area (Å²) in [7, 11) is 0. The van der Waals surface area contributed by atoms with Crippen molar-refractivity contribution in [3.63, 3.8) is 0 Å².